The van der Waals surface area contributed by atoms with Gasteiger partial charge in [0.2, 0.25) is 0 Å². The van der Waals surface area contributed by atoms with Crippen molar-refractivity contribution in [1.29, 1.82) is 0 Å². The van der Waals surface area contributed by atoms with Gasteiger partial charge in [-0.25, -0.2) is 0 Å². The maximum absolute atomic E-state index is 12.7. The Bertz CT molecular complexity index is 1100. The Balaban J connectivity index is 2.06. The molecule has 0 atom stereocenters. The van der Waals surface area contributed by atoms with E-state index >= 15 is 0 Å². The summed E-state index contributed by atoms with van der Waals surface area (Å²) in [5.74, 6) is -1.07. The molecule has 8 nitrogen and oxygen atoms in total. The van der Waals surface area contributed by atoms with Gasteiger partial charge in [0.05, 0.1) is 10.6 Å². The molecule has 2 aromatic rings. The average molecular weight is 410 g/mol. The van der Waals surface area contributed by atoms with Gasteiger partial charge in [0.25, 0.3) is 17.5 Å². The Morgan fingerprint density at radius 2 is 2.00 bits per heavy atom. The van der Waals surface area contributed by atoms with Gasteiger partial charge in [0.1, 0.15) is 5.57 Å². The summed E-state index contributed by atoms with van der Waals surface area (Å²) in [5.41, 5.74) is 2.74. The van der Waals surface area contributed by atoms with Gasteiger partial charge >= 0.3 is 0 Å². The number of nitro benzene ring substituents is 1. The summed E-state index contributed by atoms with van der Waals surface area (Å²) in [6.07, 6.45) is 3.03. The van der Waals surface area contributed by atoms with Gasteiger partial charge in [-0.15, -0.1) is 6.58 Å². The highest BCUT2D eigenvalue weighted by Gasteiger charge is 2.32. The topological polar surface area (TPSA) is 97.5 Å². The highest BCUT2D eigenvalue weighted by atomic mass is 32.1. The van der Waals surface area contributed by atoms with Crippen LogP contribution < -0.4 is 5.32 Å². The molecule has 0 saturated carbocycles. The first-order valence-electron chi connectivity index (χ1n) is 8.68. The monoisotopic (exact) mass is 410 g/mol. The number of non-ortho nitro benzene ring substituents is 1. The standard InChI is InChI=1S/C20H18N4O4S/c1-4-8-22-19(26)17(18(25)21-20(22)29)10-14-9-12(2)23(13(14)3)15-6-5-7-16(11-15)24(27)28/h4-7,9-11H,1,8H2,2-3H3,(H,21,25,29)/b17-10-. The molecule has 2 amide bonds. The Kier molecular flexibility index (Phi) is 5.42. The third-order valence-electron chi connectivity index (χ3n) is 4.57. The van der Waals surface area contributed by atoms with E-state index in [1.54, 1.807) is 12.1 Å². The lowest BCUT2D eigenvalue weighted by atomic mass is 10.1. The van der Waals surface area contributed by atoms with E-state index in [0.717, 1.165) is 11.4 Å². The zero-order valence-electron chi connectivity index (χ0n) is 15.8. The second kappa shape index (κ2) is 7.80. The molecule has 1 saturated heterocycles. The highest BCUT2D eigenvalue weighted by Crippen LogP contribution is 2.26. The van der Waals surface area contributed by atoms with Crippen LogP contribution in [-0.2, 0) is 9.59 Å². The van der Waals surface area contributed by atoms with Crippen LogP contribution in [-0.4, -0.2) is 37.9 Å². The number of amides is 2. The SMILES string of the molecule is C=CCN1C(=O)/C(=C\c2cc(C)n(-c3cccc([N+](=O)[O-])c3)c2C)C(=O)NC1=S. The predicted molar refractivity (Wildman–Crippen MR) is 113 cm³/mol. The molecule has 0 bridgehead atoms. The molecule has 148 valence electrons. The fourth-order valence-corrected chi connectivity index (χ4v) is 3.47. The van der Waals surface area contributed by atoms with E-state index in [4.69, 9.17) is 12.2 Å². The molecule has 1 N–H and O–H groups in total. The normalized spacial score (nSPS) is 15.6. The van der Waals surface area contributed by atoms with Crippen molar-refractivity contribution in [2.24, 2.45) is 0 Å². The average Bonchev–Trinajstić information content (AvgIpc) is 2.95. The number of nitrogens with zero attached hydrogens (tertiary/aromatic N) is 3. The Morgan fingerprint density at radius 1 is 1.28 bits per heavy atom. The fourth-order valence-electron chi connectivity index (χ4n) is 3.22. The number of thiocarbonyl (C=S) groups is 1. The largest absolute Gasteiger partial charge is 0.318 e. The number of hydrogen-bond donors (Lipinski definition) is 1. The second-order valence-electron chi connectivity index (χ2n) is 6.46. The number of nitro groups is 1. The lowest BCUT2D eigenvalue weighted by Gasteiger charge is -2.27. The van der Waals surface area contributed by atoms with E-state index in [1.165, 1.54) is 29.2 Å². The van der Waals surface area contributed by atoms with E-state index in [9.17, 15) is 19.7 Å². The van der Waals surface area contributed by atoms with Crippen molar-refractivity contribution in [3.05, 3.63) is 75.6 Å². The van der Waals surface area contributed by atoms with Crippen LogP contribution in [0, 0.1) is 24.0 Å². The molecule has 0 radical (unpaired) electrons. The Morgan fingerprint density at radius 3 is 2.66 bits per heavy atom. The minimum atomic E-state index is -0.569. The molecule has 9 heteroatoms. The number of carbonyl (C=O) groups is 2. The molecule has 0 spiro atoms. The van der Waals surface area contributed by atoms with E-state index in [-0.39, 0.29) is 22.9 Å². The van der Waals surface area contributed by atoms with Crippen molar-refractivity contribution in [2.75, 3.05) is 6.54 Å². The smallest absolute Gasteiger partial charge is 0.271 e. The van der Waals surface area contributed by atoms with Crippen molar-refractivity contribution in [3.63, 3.8) is 0 Å². The van der Waals surface area contributed by atoms with Crippen LogP contribution in [0.3, 0.4) is 0 Å². The first kappa shape index (κ1) is 20.2. The van der Waals surface area contributed by atoms with Crippen LogP contribution in [0.1, 0.15) is 17.0 Å². The number of aromatic nitrogens is 1. The van der Waals surface area contributed by atoms with Crippen molar-refractivity contribution in [3.8, 4) is 5.69 Å². The molecule has 1 aromatic heterocycles. The first-order chi connectivity index (χ1) is 13.7. The van der Waals surface area contributed by atoms with Crippen molar-refractivity contribution < 1.29 is 14.5 Å². The van der Waals surface area contributed by atoms with Crippen LogP contribution in [0.2, 0.25) is 0 Å². The van der Waals surface area contributed by atoms with Crippen LogP contribution >= 0.6 is 12.2 Å². The number of aryl methyl sites for hydroxylation is 1. The minimum absolute atomic E-state index is 0.0229. The molecule has 1 aromatic carbocycles. The minimum Gasteiger partial charge on any atom is -0.318 e. The van der Waals surface area contributed by atoms with Gasteiger partial charge in [0.15, 0.2) is 5.11 Å². The summed E-state index contributed by atoms with van der Waals surface area (Å²) in [7, 11) is 0. The zero-order valence-corrected chi connectivity index (χ0v) is 16.7. The quantitative estimate of drug-likeness (QED) is 0.204. The molecule has 3 rings (SSSR count). The molecular formula is C20H18N4O4S. The van der Waals surface area contributed by atoms with Crippen molar-refractivity contribution >= 4 is 40.9 Å². The van der Waals surface area contributed by atoms with E-state index in [0.29, 0.717) is 11.3 Å². The summed E-state index contributed by atoms with van der Waals surface area (Å²) >= 11 is 5.05. The number of nitrogens with one attached hydrogen (secondary N) is 1. The second-order valence-corrected chi connectivity index (χ2v) is 6.85. The summed E-state index contributed by atoms with van der Waals surface area (Å²) in [4.78, 5) is 36.9. The zero-order chi connectivity index (χ0) is 21.3. The van der Waals surface area contributed by atoms with E-state index in [1.807, 2.05) is 24.5 Å². The van der Waals surface area contributed by atoms with Crippen LogP contribution in [0.25, 0.3) is 11.8 Å². The van der Waals surface area contributed by atoms with Gasteiger partial charge < -0.3 is 4.57 Å². The molecule has 1 aliphatic rings. The maximum Gasteiger partial charge on any atom is 0.271 e. The predicted octanol–water partition coefficient (Wildman–Crippen LogP) is 2.82. The van der Waals surface area contributed by atoms with Gasteiger partial charge in [-0.05, 0) is 49.8 Å². The molecule has 0 unspecified atom stereocenters. The van der Waals surface area contributed by atoms with Crippen molar-refractivity contribution in [2.45, 2.75) is 13.8 Å². The van der Waals surface area contributed by atoms with Crippen molar-refractivity contribution in [1.82, 2.24) is 14.8 Å². The summed E-state index contributed by atoms with van der Waals surface area (Å²) in [5, 5.41) is 13.6. The number of carbonyl (C=O) groups excluding carboxylic acids is 2. The maximum atomic E-state index is 12.7. The number of rotatable bonds is 5. The molecule has 0 aliphatic carbocycles. The summed E-state index contributed by atoms with van der Waals surface area (Å²) in [6, 6.07) is 8.07. The molecular weight excluding hydrogens is 392 g/mol. The molecule has 2 heterocycles. The van der Waals surface area contributed by atoms with E-state index in [2.05, 4.69) is 11.9 Å². The Hall–Kier alpha value is -3.59. The highest BCUT2D eigenvalue weighted by molar-refractivity contribution is 7.80. The van der Waals surface area contributed by atoms with Crippen LogP contribution in [0.4, 0.5) is 5.69 Å². The van der Waals surface area contributed by atoms with Crippen LogP contribution in [0.15, 0.2) is 48.6 Å². The lowest BCUT2D eigenvalue weighted by Crippen LogP contribution is -2.53. The van der Waals surface area contributed by atoms with Gasteiger partial charge in [-0.3, -0.25) is 29.9 Å². The van der Waals surface area contributed by atoms with Crippen LogP contribution in [0.5, 0.6) is 0 Å². The summed E-state index contributed by atoms with van der Waals surface area (Å²) in [6.45, 7) is 7.44. The number of hydrogen-bond acceptors (Lipinski definition) is 5. The third kappa shape index (κ3) is 3.72. The first-order valence-corrected chi connectivity index (χ1v) is 9.09. The molecule has 1 aliphatic heterocycles. The van der Waals surface area contributed by atoms with Gasteiger partial charge in [-0.2, -0.15) is 0 Å². The third-order valence-corrected chi connectivity index (χ3v) is 4.89. The van der Waals surface area contributed by atoms with Gasteiger partial charge in [0, 0.05) is 30.1 Å². The Labute approximate surface area is 172 Å². The molecule has 1 fully saturated rings. The summed E-state index contributed by atoms with van der Waals surface area (Å²) < 4.78 is 1.83. The lowest BCUT2D eigenvalue weighted by molar-refractivity contribution is -0.384. The fraction of sp³-hybridized carbons (Fsp3) is 0.150. The molecule has 29 heavy (non-hydrogen) atoms. The number of benzene rings is 1. The van der Waals surface area contributed by atoms with Gasteiger partial charge in [-0.1, -0.05) is 12.1 Å². The van der Waals surface area contributed by atoms with E-state index < -0.39 is 16.7 Å².